The molecule has 3 atom stereocenters. The fourth-order valence-electron chi connectivity index (χ4n) is 5.48. The number of rotatable bonds is 3. The summed E-state index contributed by atoms with van der Waals surface area (Å²) in [5, 5.41) is 0. The molecule has 1 nitrogen and oxygen atoms in total. The van der Waals surface area contributed by atoms with E-state index in [9.17, 15) is 8.78 Å². The highest BCUT2D eigenvalue weighted by Gasteiger charge is 2.37. The summed E-state index contributed by atoms with van der Waals surface area (Å²) >= 11 is 0. The zero-order chi connectivity index (χ0) is 15.5. The van der Waals surface area contributed by atoms with Gasteiger partial charge in [0.05, 0.1) is 0 Å². The second kappa shape index (κ2) is 8.60. The predicted octanol–water partition coefficient (Wildman–Crippen LogP) is 5.93. The molecule has 0 saturated heterocycles. The summed E-state index contributed by atoms with van der Waals surface area (Å²) in [5.74, 6) is 3.71. The van der Waals surface area contributed by atoms with Crippen molar-refractivity contribution in [2.75, 3.05) is 0 Å². The molecule has 3 aliphatic carbocycles. The van der Waals surface area contributed by atoms with Crippen LogP contribution in [0.4, 0.5) is 8.78 Å². The molecule has 0 radical (unpaired) electrons. The molecule has 0 bridgehead atoms. The topological polar surface area (TPSA) is 31.5 Å². The molecule has 0 aromatic heterocycles. The molecule has 23 heavy (non-hydrogen) atoms. The standard InChI is InChI=1S/C20H32F2.H2O.2H2/c1-2-14-3-5-15(6-4-14)16-7-9-17(10-8-16)18-11-12-19(21)20(22)13-18;;;/h2,14-20H,1,3-13H2;1H2;2*1H. The van der Waals surface area contributed by atoms with Gasteiger partial charge in [-0.3, -0.25) is 0 Å². The van der Waals surface area contributed by atoms with Crippen molar-refractivity contribution in [1.29, 1.82) is 0 Å². The van der Waals surface area contributed by atoms with Gasteiger partial charge in [-0.15, -0.1) is 6.58 Å². The first-order chi connectivity index (χ1) is 10.7. The maximum atomic E-state index is 13.6. The highest BCUT2D eigenvalue weighted by molar-refractivity contribution is 4.90. The van der Waals surface area contributed by atoms with Crippen molar-refractivity contribution in [3.8, 4) is 0 Å². The fraction of sp³-hybridized carbons (Fsp3) is 0.900. The first kappa shape index (κ1) is 18.9. The zero-order valence-corrected chi connectivity index (χ0v) is 14.4. The van der Waals surface area contributed by atoms with Gasteiger partial charge >= 0.3 is 0 Å². The third-order valence-electron chi connectivity index (χ3n) is 7.03. The Bertz CT molecular complexity index is 367. The van der Waals surface area contributed by atoms with E-state index in [2.05, 4.69) is 12.7 Å². The monoisotopic (exact) mass is 332 g/mol. The minimum atomic E-state index is -1.19. The van der Waals surface area contributed by atoms with Gasteiger partial charge in [0.25, 0.3) is 0 Å². The quantitative estimate of drug-likeness (QED) is 0.574. The Morgan fingerprint density at radius 3 is 1.57 bits per heavy atom. The molecule has 3 aliphatic rings. The summed E-state index contributed by atoms with van der Waals surface area (Å²) in [5.41, 5.74) is 0. The molecule has 138 valence electrons. The third kappa shape index (κ3) is 4.55. The van der Waals surface area contributed by atoms with E-state index in [1.807, 2.05) is 0 Å². The van der Waals surface area contributed by atoms with Crippen LogP contribution >= 0.6 is 0 Å². The van der Waals surface area contributed by atoms with Crippen LogP contribution in [0.1, 0.15) is 73.5 Å². The Balaban J connectivity index is 0.00000192. The Hall–Kier alpha value is -0.440. The van der Waals surface area contributed by atoms with Crippen molar-refractivity contribution in [2.24, 2.45) is 29.6 Å². The fourth-order valence-corrected chi connectivity index (χ4v) is 5.48. The Kier molecular flexibility index (Phi) is 7.06. The normalized spacial score (nSPS) is 45.0. The molecule has 0 aromatic carbocycles. The van der Waals surface area contributed by atoms with Gasteiger partial charge in [0.2, 0.25) is 0 Å². The summed E-state index contributed by atoms with van der Waals surface area (Å²) < 4.78 is 26.9. The van der Waals surface area contributed by atoms with Crippen molar-refractivity contribution in [2.45, 2.75) is 83.0 Å². The average molecular weight is 333 g/mol. The minimum Gasteiger partial charge on any atom is -0.412 e. The highest BCUT2D eigenvalue weighted by Crippen LogP contribution is 2.45. The first-order valence-corrected chi connectivity index (χ1v) is 9.58. The highest BCUT2D eigenvalue weighted by atomic mass is 19.2. The summed E-state index contributed by atoms with van der Waals surface area (Å²) in [4.78, 5) is 0. The Morgan fingerprint density at radius 2 is 1.09 bits per heavy atom. The molecular formula is C20H38F2O. The van der Waals surface area contributed by atoms with Crippen LogP contribution in [0.3, 0.4) is 0 Å². The van der Waals surface area contributed by atoms with Crippen LogP contribution in [-0.2, 0) is 0 Å². The van der Waals surface area contributed by atoms with Crippen LogP contribution in [0.15, 0.2) is 12.7 Å². The van der Waals surface area contributed by atoms with Gasteiger partial charge in [-0.2, -0.15) is 0 Å². The Labute approximate surface area is 143 Å². The molecule has 0 aromatic rings. The van der Waals surface area contributed by atoms with E-state index in [4.69, 9.17) is 0 Å². The van der Waals surface area contributed by atoms with Crippen LogP contribution in [0.2, 0.25) is 0 Å². The number of halogens is 2. The molecule has 3 unspecified atom stereocenters. The van der Waals surface area contributed by atoms with Crippen LogP contribution in [-0.4, -0.2) is 17.8 Å². The molecule has 3 fully saturated rings. The lowest BCUT2D eigenvalue weighted by molar-refractivity contribution is 0.0479. The average Bonchev–Trinajstić information content (AvgIpc) is 2.58. The van der Waals surface area contributed by atoms with E-state index in [0.29, 0.717) is 24.7 Å². The largest absolute Gasteiger partial charge is 0.412 e. The SMILES string of the molecule is C=CC1CCC(C2CCC(C3CCC(F)C(F)C3)CC2)CC1.O.[HH].[HH]. The molecule has 0 heterocycles. The van der Waals surface area contributed by atoms with Gasteiger partial charge in [0.15, 0.2) is 0 Å². The van der Waals surface area contributed by atoms with E-state index >= 15 is 0 Å². The van der Waals surface area contributed by atoms with Gasteiger partial charge in [-0.05, 0) is 100 Å². The summed E-state index contributed by atoms with van der Waals surface area (Å²) in [6, 6.07) is 0. The lowest BCUT2D eigenvalue weighted by Gasteiger charge is -2.41. The summed E-state index contributed by atoms with van der Waals surface area (Å²) in [6.07, 6.45) is 12.2. The van der Waals surface area contributed by atoms with Gasteiger partial charge in [0.1, 0.15) is 12.3 Å². The van der Waals surface area contributed by atoms with E-state index in [1.54, 1.807) is 0 Å². The second-order valence-corrected chi connectivity index (χ2v) is 8.19. The molecule has 3 heteroatoms. The van der Waals surface area contributed by atoms with Crippen LogP contribution in [0.5, 0.6) is 0 Å². The van der Waals surface area contributed by atoms with Crippen molar-refractivity contribution in [3.63, 3.8) is 0 Å². The second-order valence-electron chi connectivity index (χ2n) is 8.19. The zero-order valence-electron chi connectivity index (χ0n) is 14.4. The van der Waals surface area contributed by atoms with E-state index in [-0.39, 0.29) is 8.33 Å². The molecule has 0 aliphatic heterocycles. The lowest BCUT2D eigenvalue weighted by atomic mass is 9.65. The molecule has 0 spiro atoms. The number of hydrogen-bond acceptors (Lipinski definition) is 0. The lowest BCUT2D eigenvalue weighted by Crippen LogP contribution is -2.34. The van der Waals surface area contributed by atoms with Crippen molar-refractivity contribution in [1.82, 2.24) is 0 Å². The number of hydrogen-bond donors (Lipinski definition) is 0. The van der Waals surface area contributed by atoms with Crippen LogP contribution in [0.25, 0.3) is 0 Å². The van der Waals surface area contributed by atoms with Gasteiger partial charge in [0, 0.05) is 2.85 Å². The summed E-state index contributed by atoms with van der Waals surface area (Å²) in [6.45, 7) is 3.94. The maximum absolute atomic E-state index is 13.6. The predicted molar refractivity (Wildman–Crippen MR) is 96.1 cm³/mol. The molecule has 0 amide bonds. The van der Waals surface area contributed by atoms with Crippen LogP contribution < -0.4 is 0 Å². The maximum Gasteiger partial charge on any atom is 0.131 e. The van der Waals surface area contributed by atoms with E-state index in [1.165, 1.54) is 51.4 Å². The van der Waals surface area contributed by atoms with E-state index < -0.39 is 12.3 Å². The number of alkyl halides is 2. The van der Waals surface area contributed by atoms with Gasteiger partial charge in [-0.25, -0.2) is 8.78 Å². The van der Waals surface area contributed by atoms with Gasteiger partial charge < -0.3 is 5.48 Å². The van der Waals surface area contributed by atoms with Crippen molar-refractivity contribution in [3.05, 3.63) is 12.7 Å². The number of allylic oxidation sites excluding steroid dienone is 1. The Morgan fingerprint density at radius 1 is 0.652 bits per heavy atom. The van der Waals surface area contributed by atoms with E-state index in [0.717, 1.165) is 24.2 Å². The smallest absolute Gasteiger partial charge is 0.131 e. The molecule has 3 saturated carbocycles. The van der Waals surface area contributed by atoms with Crippen LogP contribution in [0, 0.1) is 29.6 Å². The molecule has 2 N–H and O–H groups in total. The van der Waals surface area contributed by atoms with Crippen molar-refractivity contribution < 1.29 is 17.1 Å². The summed E-state index contributed by atoms with van der Waals surface area (Å²) in [7, 11) is 0. The molecular weight excluding hydrogens is 294 g/mol. The third-order valence-corrected chi connectivity index (χ3v) is 7.03. The minimum absolute atomic E-state index is 0. The van der Waals surface area contributed by atoms with Gasteiger partial charge in [-0.1, -0.05) is 6.08 Å². The van der Waals surface area contributed by atoms with Crippen molar-refractivity contribution >= 4 is 0 Å². The first-order valence-electron chi connectivity index (χ1n) is 9.58. The molecule has 3 rings (SSSR count).